The van der Waals surface area contributed by atoms with E-state index in [9.17, 15) is 4.79 Å². The van der Waals surface area contributed by atoms with E-state index in [4.69, 9.17) is 0 Å². The number of H-pyrrole nitrogens is 2. The molecule has 0 atom stereocenters. The number of amides is 2. The minimum atomic E-state index is -0.381. The van der Waals surface area contributed by atoms with Crippen LogP contribution in [0, 0.1) is 6.92 Å². The molecule has 0 unspecified atom stereocenters. The van der Waals surface area contributed by atoms with Gasteiger partial charge < -0.3 is 10.3 Å². The molecule has 0 aliphatic heterocycles. The SMILES string of the molecule is Cc1ncnc2[nH]c(-c3ccc(NC(=O)Nc4cc(-c5cccnc5)[nH]n4)cc3)cc12. The van der Waals surface area contributed by atoms with Crippen molar-refractivity contribution in [2.45, 2.75) is 6.92 Å². The van der Waals surface area contributed by atoms with Crippen molar-refractivity contribution in [3.05, 3.63) is 72.9 Å². The Kier molecular flexibility index (Phi) is 4.60. The number of nitrogens with one attached hydrogen (secondary N) is 4. The lowest BCUT2D eigenvalue weighted by atomic mass is 10.1. The zero-order valence-electron chi connectivity index (χ0n) is 16.5. The van der Waals surface area contributed by atoms with Gasteiger partial charge in [-0.1, -0.05) is 12.1 Å². The summed E-state index contributed by atoms with van der Waals surface area (Å²) in [5, 5.41) is 13.5. The van der Waals surface area contributed by atoms with Gasteiger partial charge in [-0.05, 0) is 42.8 Å². The van der Waals surface area contributed by atoms with Gasteiger partial charge in [0.15, 0.2) is 5.82 Å². The minimum absolute atomic E-state index is 0.381. The van der Waals surface area contributed by atoms with Crippen molar-refractivity contribution in [1.82, 2.24) is 30.1 Å². The quantitative estimate of drug-likeness (QED) is 0.350. The number of anilines is 2. The molecule has 31 heavy (non-hydrogen) atoms. The van der Waals surface area contributed by atoms with Gasteiger partial charge in [0.05, 0.1) is 11.4 Å². The maximum absolute atomic E-state index is 12.3. The van der Waals surface area contributed by atoms with Gasteiger partial charge in [-0.2, -0.15) is 5.10 Å². The molecule has 152 valence electrons. The number of pyridine rings is 1. The van der Waals surface area contributed by atoms with Crippen LogP contribution in [-0.2, 0) is 0 Å². The highest BCUT2D eigenvalue weighted by atomic mass is 16.2. The number of benzene rings is 1. The van der Waals surface area contributed by atoms with Crippen molar-refractivity contribution in [3.8, 4) is 22.5 Å². The van der Waals surface area contributed by atoms with Crippen LogP contribution in [0.15, 0.2) is 67.3 Å². The predicted octanol–water partition coefficient (Wildman–Crippen LogP) is 4.36. The molecule has 0 spiro atoms. The van der Waals surface area contributed by atoms with E-state index in [0.717, 1.165) is 39.2 Å². The largest absolute Gasteiger partial charge is 0.339 e. The second kappa shape index (κ2) is 7.71. The second-order valence-electron chi connectivity index (χ2n) is 6.97. The molecule has 4 N–H and O–H groups in total. The number of aryl methyl sites for hydroxylation is 1. The third kappa shape index (κ3) is 3.84. The number of nitrogens with zero attached hydrogens (tertiary/aromatic N) is 4. The number of aromatic nitrogens is 6. The second-order valence-corrected chi connectivity index (χ2v) is 6.97. The Morgan fingerprint density at radius 2 is 1.84 bits per heavy atom. The van der Waals surface area contributed by atoms with Gasteiger partial charge in [0.2, 0.25) is 0 Å². The Bertz CT molecular complexity index is 1360. The van der Waals surface area contributed by atoms with Gasteiger partial charge in [-0.25, -0.2) is 14.8 Å². The van der Waals surface area contributed by atoms with Crippen LogP contribution < -0.4 is 10.6 Å². The fraction of sp³-hybridized carbons (Fsp3) is 0.0455. The summed E-state index contributed by atoms with van der Waals surface area (Å²) in [5.41, 5.74) is 5.96. The van der Waals surface area contributed by atoms with Gasteiger partial charge in [0.1, 0.15) is 12.0 Å². The van der Waals surface area contributed by atoms with Crippen LogP contribution in [-0.4, -0.2) is 36.2 Å². The lowest BCUT2D eigenvalue weighted by molar-refractivity contribution is 0.262. The molecule has 5 aromatic rings. The van der Waals surface area contributed by atoms with Crippen LogP contribution >= 0.6 is 0 Å². The van der Waals surface area contributed by atoms with E-state index in [-0.39, 0.29) is 6.03 Å². The molecule has 0 fully saturated rings. The molecule has 9 heteroatoms. The number of urea groups is 1. The third-order valence-corrected chi connectivity index (χ3v) is 4.87. The maximum Gasteiger partial charge on any atom is 0.324 e. The molecule has 1 aromatic carbocycles. The molecule has 0 radical (unpaired) electrons. The van der Waals surface area contributed by atoms with Crippen molar-refractivity contribution >= 4 is 28.6 Å². The lowest BCUT2D eigenvalue weighted by Crippen LogP contribution is -2.19. The first kappa shape index (κ1) is 18.5. The summed E-state index contributed by atoms with van der Waals surface area (Å²) in [6, 6.07) is 14.7. The van der Waals surface area contributed by atoms with Crippen LogP contribution in [0.2, 0.25) is 0 Å². The van der Waals surface area contributed by atoms with Crippen LogP contribution in [0.4, 0.5) is 16.3 Å². The fourth-order valence-electron chi connectivity index (χ4n) is 3.29. The minimum Gasteiger partial charge on any atom is -0.339 e. The number of aromatic amines is 2. The molecule has 4 heterocycles. The standard InChI is InChI=1S/C22H18N8O/c1-13-17-9-18(27-21(17)25-12-24-13)14-4-6-16(7-5-14)26-22(31)28-20-10-19(29-30-20)15-3-2-8-23-11-15/h2-12H,1H3,(H,24,25,27)(H3,26,28,29,30,31). The molecule has 0 aliphatic carbocycles. The van der Waals surface area contributed by atoms with Crippen molar-refractivity contribution in [3.63, 3.8) is 0 Å². The molecule has 9 nitrogen and oxygen atoms in total. The highest BCUT2D eigenvalue weighted by molar-refractivity contribution is 5.99. The third-order valence-electron chi connectivity index (χ3n) is 4.87. The summed E-state index contributed by atoms with van der Waals surface area (Å²) in [5.74, 6) is 0.419. The van der Waals surface area contributed by atoms with Gasteiger partial charge in [0, 0.05) is 40.8 Å². The lowest BCUT2D eigenvalue weighted by Gasteiger charge is -2.06. The number of hydrogen-bond donors (Lipinski definition) is 4. The predicted molar refractivity (Wildman–Crippen MR) is 119 cm³/mol. The number of rotatable bonds is 4. The molecule has 0 saturated carbocycles. The summed E-state index contributed by atoms with van der Waals surface area (Å²) in [4.78, 5) is 28.2. The van der Waals surface area contributed by atoms with Gasteiger partial charge >= 0.3 is 6.03 Å². The van der Waals surface area contributed by atoms with E-state index >= 15 is 0 Å². The summed E-state index contributed by atoms with van der Waals surface area (Å²) < 4.78 is 0. The summed E-state index contributed by atoms with van der Waals surface area (Å²) >= 11 is 0. The Labute approximate surface area is 177 Å². The smallest absolute Gasteiger partial charge is 0.324 e. The Morgan fingerprint density at radius 3 is 2.61 bits per heavy atom. The van der Waals surface area contributed by atoms with Crippen molar-refractivity contribution in [2.24, 2.45) is 0 Å². The average Bonchev–Trinajstić information content (AvgIpc) is 3.43. The first-order valence-corrected chi connectivity index (χ1v) is 9.60. The van der Waals surface area contributed by atoms with Crippen LogP contribution in [0.25, 0.3) is 33.5 Å². The first-order chi connectivity index (χ1) is 15.2. The zero-order chi connectivity index (χ0) is 21.2. The van der Waals surface area contributed by atoms with E-state index in [0.29, 0.717) is 11.5 Å². The molecular formula is C22H18N8O. The van der Waals surface area contributed by atoms with E-state index in [1.807, 2.05) is 49.4 Å². The molecule has 0 saturated heterocycles. The topological polar surface area (TPSA) is 124 Å². The molecule has 5 rings (SSSR count). The molecule has 2 amide bonds. The Balaban J connectivity index is 1.26. The fourth-order valence-corrected chi connectivity index (χ4v) is 3.29. The summed E-state index contributed by atoms with van der Waals surface area (Å²) in [6.07, 6.45) is 4.97. The van der Waals surface area contributed by atoms with Gasteiger partial charge in [-0.15, -0.1) is 0 Å². The average molecular weight is 410 g/mol. The van der Waals surface area contributed by atoms with E-state index < -0.39 is 0 Å². The molecule has 0 bridgehead atoms. The van der Waals surface area contributed by atoms with Crippen LogP contribution in [0.5, 0.6) is 0 Å². The molecular weight excluding hydrogens is 392 g/mol. The van der Waals surface area contributed by atoms with E-state index in [1.165, 1.54) is 0 Å². The van der Waals surface area contributed by atoms with Crippen LogP contribution in [0.1, 0.15) is 5.69 Å². The maximum atomic E-state index is 12.3. The van der Waals surface area contributed by atoms with E-state index in [1.54, 1.807) is 24.8 Å². The van der Waals surface area contributed by atoms with Crippen molar-refractivity contribution in [2.75, 3.05) is 10.6 Å². The highest BCUT2D eigenvalue weighted by Crippen LogP contribution is 2.25. The number of hydrogen-bond acceptors (Lipinski definition) is 5. The van der Waals surface area contributed by atoms with Crippen molar-refractivity contribution in [1.29, 1.82) is 0 Å². The van der Waals surface area contributed by atoms with Crippen LogP contribution in [0.3, 0.4) is 0 Å². The van der Waals surface area contributed by atoms with Gasteiger partial charge in [0.25, 0.3) is 0 Å². The number of fused-ring (bicyclic) bond motifs is 1. The number of carbonyl (C=O) groups is 1. The number of carbonyl (C=O) groups excluding carboxylic acids is 1. The zero-order valence-corrected chi connectivity index (χ0v) is 16.5. The molecule has 4 aromatic heterocycles. The van der Waals surface area contributed by atoms with E-state index in [2.05, 4.69) is 40.8 Å². The monoisotopic (exact) mass is 410 g/mol. The summed E-state index contributed by atoms with van der Waals surface area (Å²) in [6.45, 7) is 1.95. The van der Waals surface area contributed by atoms with Gasteiger partial charge in [-0.3, -0.25) is 15.4 Å². The van der Waals surface area contributed by atoms with Crippen molar-refractivity contribution < 1.29 is 4.79 Å². The Morgan fingerprint density at radius 1 is 0.968 bits per heavy atom. The normalized spacial score (nSPS) is 10.9. The Hall–Kier alpha value is -4.53. The summed E-state index contributed by atoms with van der Waals surface area (Å²) in [7, 11) is 0. The first-order valence-electron chi connectivity index (χ1n) is 9.60. The highest BCUT2D eigenvalue weighted by Gasteiger charge is 2.09. The molecule has 0 aliphatic rings.